The van der Waals surface area contributed by atoms with E-state index in [9.17, 15) is 4.79 Å². The van der Waals surface area contributed by atoms with E-state index in [1.165, 1.54) is 26.4 Å². The van der Waals surface area contributed by atoms with Crippen molar-refractivity contribution in [3.63, 3.8) is 0 Å². The first-order valence-electron chi connectivity index (χ1n) is 12.5. The van der Waals surface area contributed by atoms with Crippen LogP contribution in [0.25, 0.3) is 21.9 Å². The van der Waals surface area contributed by atoms with E-state index in [4.69, 9.17) is 9.47 Å². The number of rotatable bonds is 8. The lowest BCUT2D eigenvalue weighted by atomic mass is 9.89. The van der Waals surface area contributed by atoms with Crippen molar-refractivity contribution in [2.45, 2.75) is 19.3 Å². The van der Waals surface area contributed by atoms with Crippen molar-refractivity contribution in [1.82, 2.24) is 4.90 Å². The second kappa shape index (κ2) is 10.9. The molecule has 0 spiro atoms. The second-order valence-electron chi connectivity index (χ2n) is 9.14. The number of ketones is 1. The fourth-order valence-corrected chi connectivity index (χ4v) is 4.94. The number of carbonyl (C=O) groups excluding carboxylic acids is 1. The van der Waals surface area contributed by atoms with E-state index < -0.39 is 5.82 Å². The Morgan fingerprint density at radius 2 is 1.64 bits per heavy atom. The minimum Gasteiger partial charge on any atom is -0.494 e. The van der Waals surface area contributed by atoms with Gasteiger partial charge in [-0.3, -0.25) is 9.69 Å². The van der Waals surface area contributed by atoms with Crippen LogP contribution in [-0.2, 0) is 0 Å². The molecule has 0 amide bonds. The van der Waals surface area contributed by atoms with Gasteiger partial charge in [-0.05, 0) is 72.6 Å². The van der Waals surface area contributed by atoms with E-state index in [0.717, 1.165) is 36.2 Å². The average molecular weight is 484 g/mol. The predicted molar refractivity (Wildman–Crippen MR) is 142 cm³/mol. The lowest BCUT2D eigenvalue weighted by Gasteiger charge is -2.26. The van der Waals surface area contributed by atoms with Gasteiger partial charge in [0.05, 0.1) is 7.11 Å². The van der Waals surface area contributed by atoms with Crippen molar-refractivity contribution in [3.8, 4) is 22.6 Å². The summed E-state index contributed by atoms with van der Waals surface area (Å²) in [6.45, 7) is 3.80. The first-order valence-corrected chi connectivity index (χ1v) is 12.5. The molecule has 1 fully saturated rings. The van der Waals surface area contributed by atoms with Gasteiger partial charge in [-0.15, -0.1) is 0 Å². The molecule has 0 unspecified atom stereocenters. The molecule has 1 aliphatic heterocycles. The molecule has 0 N–H and O–H groups in total. The van der Waals surface area contributed by atoms with E-state index >= 15 is 4.39 Å². The Morgan fingerprint density at radius 3 is 2.42 bits per heavy atom. The Morgan fingerprint density at radius 1 is 0.861 bits per heavy atom. The number of carbonyl (C=O) groups is 1. The van der Waals surface area contributed by atoms with E-state index in [2.05, 4.69) is 4.90 Å². The molecule has 184 valence electrons. The van der Waals surface area contributed by atoms with Crippen molar-refractivity contribution < 1.29 is 18.7 Å². The predicted octanol–water partition coefficient (Wildman–Crippen LogP) is 6.75. The van der Waals surface area contributed by atoms with Gasteiger partial charge in [0.2, 0.25) is 0 Å². The molecule has 4 nitrogen and oxygen atoms in total. The minimum absolute atomic E-state index is 0.144. The maximum absolute atomic E-state index is 15.3. The van der Waals surface area contributed by atoms with E-state index in [0.29, 0.717) is 28.9 Å². The molecule has 0 saturated carbocycles. The number of ether oxygens (including phenoxy) is 2. The van der Waals surface area contributed by atoms with Crippen molar-refractivity contribution >= 4 is 16.6 Å². The summed E-state index contributed by atoms with van der Waals surface area (Å²) in [5, 5.41) is 1.70. The molecular weight excluding hydrogens is 453 g/mol. The molecule has 0 aromatic heterocycles. The maximum atomic E-state index is 15.3. The highest BCUT2D eigenvalue weighted by Gasteiger charge is 2.21. The molecule has 0 radical (unpaired) electrons. The first-order chi connectivity index (χ1) is 17.7. The molecule has 5 rings (SSSR count). The van der Waals surface area contributed by atoms with Crippen molar-refractivity contribution in [1.29, 1.82) is 0 Å². The van der Waals surface area contributed by atoms with E-state index in [1.54, 1.807) is 30.3 Å². The molecule has 1 heterocycles. The van der Waals surface area contributed by atoms with Crippen LogP contribution in [0.5, 0.6) is 11.5 Å². The Kier molecular flexibility index (Phi) is 7.28. The summed E-state index contributed by atoms with van der Waals surface area (Å²) in [5.41, 5.74) is 1.87. The second-order valence-corrected chi connectivity index (χ2v) is 9.14. The third-order valence-electron chi connectivity index (χ3n) is 6.87. The summed E-state index contributed by atoms with van der Waals surface area (Å²) in [6.07, 6.45) is 3.83. The van der Waals surface area contributed by atoms with Gasteiger partial charge in [0.25, 0.3) is 0 Å². The summed E-state index contributed by atoms with van der Waals surface area (Å²) in [5.74, 6) is 0.233. The third-order valence-corrected chi connectivity index (χ3v) is 6.87. The van der Waals surface area contributed by atoms with Crippen molar-refractivity contribution in [2.24, 2.45) is 0 Å². The third kappa shape index (κ3) is 4.98. The molecule has 0 bridgehead atoms. The number of likely N-dealkylation sites (tertiary alicyclic amines) is 1. The van der Waals surface area contributed by atoms with Crippen LogP contribution in [0.2, 0.25) is 0 Å². The van der Waals surface area contributed by atoms with Gasteiger partial charge in [-0.2, -0.15) is 0 Å². The number of hydrogen-bond acceptors (Lipinski definition) is 4. The van der Waals surface area contributed by atoms with Crippen LogP contribution in [0.15, 0.2) is 78.9 Å². The van der Waals surface area contributed by atoms with Gasteiger partial charge in [0.15, 0.2) is 17.3 Å². The van der Waals surface area contributed by atoms with Gasteiger partial charge in [-0.1, -0.05) is 55.0 Å². The van der Waals surface area contributed by atoms with Crippen LogP contribution in [0.4, 0.5) is 4.39 Å². The summed E-state index contributed by atoms with van der Waals surface area (Å²) >= 11 is 0. The van der Waals surface area contributed by atoms with Crippen LogP contribution >= 0.6 is 0 Å². The highest BCUT2D eigenvalue weighted by atomic mass is 19.1. The van der Waals surface area contributed by atoms with Crippen LogP contribution < -0.4 is 9.47 Å². The van der Waals surface area contributed by atoms with Crippen molar-refractivity contribution in [3.05, 3.63) is 95.8 Å². The monoisotopic (exact) mass is 483 g/mol. The summed E-state index contributed by atoms with van der Waals surface area (Å²) in [4.78, 5) is 16.3. The zero-order chi connectivity index (χ0) is 24.9. The highest BCUT2D eigenvalue weighted by Crippen LogP contribution is 2.36. The first kappa shape index (κ1) is 24.0. The fourth-order valence-electron chi connectivity index (χ4n) is 4.94. The number of hydrogen-bond donors (Lipinski definition) is 0. The largest absolute Gasteiger partial charge is 0.494 e. The number of nitrogens with zero attached hydrogens (tertiary/aromatic N) is 1. The zero-order valence-corrected chi connectivity index (χ0v) is 20.5. The van der Waals surface area contributed by atoms with E-state index in [-0.39, 0.29) is 11.5 Å². The van der Waals surface area contributed by atoms with Gasteiger partial charge in [0, 0.05) is 23.2 Å². The lowest BCUT2D eigenvalue weighted by molar-refractivity contribution is 0.104. The van der Waals surface area contributed by atoms with E-state index in [1.807, 2.05) is 48.5 Å². The molecule has 0 aliphatic carbocycles. The standard InChI is InChI=1S/C31H30FNO3/c1-35-28-11-7-10-27(30(28)32)26-17-14-22-8-3-4-9-25(22)29(26)31(34)23-12-15-24(16-13-23)36-21-20-33-18-5-2-6-19-33/h3-4,7-17H,2,5-6,18-21H2,1H3. The molecule has 4 aromatic carbocycles. The van der Waals surface area contributed by atoms with Gasteiger partial charge in [0.1, 0.15) is 12.4 Å². The fraction of sp³-hybridized carbons (Fsp3) is 0.258. The van der Waals surface area contributed by atoms with Crippen molar-refractivity contribution in [2.75, 3.05) is 33.4 Å². The minimum atomic E-state index is -0.484. The lowest BCUT2D eigenvalue weighted by Crippen LogP contribution is -2.33. The van der Waals surface area contributed by atoms with Crippen LogP contribution in [0.3, 0.4) is 0 Å². The number of fused-ring (bicyclic) bond motifs is 1. The molecule has 1 aliphatic rings. The number of piperidine rings is 1. The number of benzene rings is 4. The molecule has 5 heteroatoms. The normalized spacial score (nSPS) is 14.1. The molecule has 36 heavy (non-hydrogen) atoms. The Labute approximate surface area is 211 Å². The quantitative estimate of drug-likeness (QED) is 0.260. The van der Waals surface area contributed by atoms with Crippen LogP contribution in [0, 0.1) is 5.82 Å². The topological polar surface area (TPSA) is 38.8 Å². The van der Waals surface area contributed by atoms with Crippen LogP contribution in [0.1, 0.15) is 35.2 Å². The Balaban J connectivity index is 1.44. The molecular formula is C31H30FNO3. The summed E-state index contributed by atoms with van der Waals surface area (Å²) < 4.78 is 26.4. The van der Waals surface area contributed by atoms with Gasteiger partial charge in [-0.25, -0.2) is 4.39 Å². The van der Waals surface area contributed by atoms with Gasteiger partial charge >= 0.3 is 0 Å². The maximum Gasteiger partial charge on any atom is 0.194 e. The zero-order valence-electron chi connectivity index (χ0n) is 20.5. The number of halogens is 1. The number of methoxy groups -OCH3 is 1. The molecule has 1 saturated heterocycles. The smallest absolute Gasteiger partial charge is 0.194 e. The molecule has 0 atom stereocenters. The van der Waals surface area contributed by atoms with Crippen LogP contribution in [-0.4, -0.2) is 44.0 Å². The Hall–Kier alpha value is -3.70. The summed E-state index contributed by atoms with van der Waals surface area (Å²) in [7, 11) is 1.44. The summed E-state index contributed by atoms with van der Waals surface area (Å²) in [6, 6.07) is 23.6. The Bertz CT molecular complexity index is 1360. The highest BCUT2D eigenvalue weighted by molar-refractivity contribution is 6.20. The molecule has 4 aromatic rings. The average Bonchev–Trinajstić information content (AvgIpc) is 2.93. The van der Waals surface area contributed by atoms with Gasteiger partial charge < -0.3 is 9.47 Å². The SMILES string of the molecule is COc1cccc(-c2ccc3ccccc3c2C(=O)c2ccc(OCCN3CCCCC3)cc2)c1F.